The first-order valence-electron chi connectivity index (χ1n) is 5.84. The smallest absolute Gasteiger partial charge is 0.338 e. The van der Waals surface area contributed by atoms with Crippen LogP contribution in [0, 0.1) is 25.1 Å². The number of terminal acetylenes is 1. The summed E-state index contributed by atoms with van der Waals surface area (Å²) in [5.74, 6) is 0.908. The van der Waals surface area contributed by atoms with Crippen LogP contribution >= 0.6 is 11.8 Å². The highest BCUT2D eigenvalue weighted by Crippen LogP contribution is 2.19. The first kappa shape index (κ1) is 17.5. The molecule has 5 nitrogen and oxygen atoms in total. The van der Waals surface area contributed by atoms with Crippen molar-refractivity contribution in [1.29, 1.82) is 0 Å². The van der Waals surface area contributed by atoms with Crippen molar-refractivity contribution >= 4 is 27.8 Å². The van der Waals surface area contributed by atoms with Gasteiger partial charge in [0.25, 0.3) is 0 Å². The molecule has 0 bridgehead atoms. The molecule has 0 saturated carbocycles. The van der Waals surface area contributed by atoms with Gasteiger partial charge in [0.1, 0.15) is 5.82 Å². The summed E-state index contributed by atoms with van der Waals surface area (Å²) >= 11 is 1.39. The summed E-state index contributed by atoms with van der Waals surface area (Å²) in [6, 6.07) is 1.90. The molecule has 0 aliphatic carbocycles. The Balaban J connectivity index is 2.94. The predicted molar refractivity (Wildman–Crippen MR) is 79.4 cm³/mol. The fourth-order valence-corrected chi connectivity index (χ4v) is 3.29. The van der Waals surface area contributed by atoms with Gasteiger partial charge in [0.15, 0.2) is 0 Å². The lowest BCUT2D eigenvalue weighted by molar-refractivity contribution is 0.0691. The zero-order chi connectivity index (χ0) is 16.0. The van der Waals surface area contributed by atoms with Crippen molar-refractivity contribution in [2.24, 2.45) is 0 Å². The van der Waals surface area contributed by atoms with Crippen LogP contribution in [0.3, 0.4) is 0 Å². The van der Waals surface area contributed by atoms with Crippen molar-refractivity contribution < 1.29 is 22.7 Å². The van der Waals surface area contributed by atoms with Crippen LogP contribution in [0.2, 0.25) is 0 Å². The van der Waals surface area contributed by atoms with Crippen LogP contribution in [0.15, 0.2) is 17.0 Å². The van der Waals surface area contributed by atoms with Crippen molar-refractivity contribution in [2.75, 3.05) is 18.1 Å². The SMILES string of the molecule is C#CCSCCNS(=O)(=O)c1cc(C)c(F)c(C(=O)O)c1. The van der Waals surface area contributed by atoms with E-state index in [9.17, 15) is 17.6 Å². The van der Waals surface area contributed by atoms with Crippen LogP contribution < -0.4 is 4.72 Å². The number of aromatic carboxylic acids is 1. The quantitative estimate of drug-likeness (QED) is 0.584. The molecule has 0 spiro atoms. The largest absolute Gasteiger partial charge is 0.478 e. The van der Waals surface area contributed by atoms with E-state index in [1.54, 1.807) is 0 Å². The molecule has 0 heterocycles. The number of hydrogen-bond donors (Lipinski definition) is 2. The van der Waals surface area contributed by atoms with Gasteiger partial charge in [-0.25, -0.2) is 22.3 Å². The molecule has 8 heteroatoms. The molecule has 114 valence electrons. The summed E-state index contributed by atoms with van der Waals surface area (Å²) in [5, 5.41) is 8.88. The summed E-state index contributed by atoms with van der Waals surface area (Å²) in [4.78, 5) is 10.6. The molecule has 0 unspecified atom stereocenters. The van der Waals surface area contributed by atoms with Crippen LogP contribution in [-0.2, 0) is 10.0 Å². The van der Waals surface area contributed by atoms with E-state index in [4.69, 9.17) is 11.5 Å². The second kappa shape index (κ2) is 7.45. The Hall–Kier alpha value is -1.56. The van der Waals surface area contributed by atoms with Gasteiger partial charge in [-0.15, -0.1) is 18.2 Å². The number of rotatable bonds is 7. The van der Waals surface area contributed by atoms with E-state index in [0.717, 1.165) is 12.1 Å². The number of sulfonamides is 1. The molecule has 0 radical (unpaired) electrons. The molecule has 1 aromatic carbocycles. The van der Waals surface area contributed by atoms with Gasteiger partial charge in [-0.05, 0) is 24.6 Å². The molecule has 21 heavy (non-hydrogen) atoms. The number of carboxylic acids is 1. The highest BCUT2D eigenvalue weighted by Gasteiger charge is 2.20. The minimum Gasteiger partial charge on any atom is -0.478 e. The monoisotopic (exact) mass is 331 g/mol. The van der Waals surface area contributed by atoms with E-state index >= 15 is 0 Å². The van der Waals surface area contributed by atoms with Crippen LogP contribution in [0.1, 0.15) is 15.9 Å². The van der Waals surface area contributed by atoms with Gasteiger partial charge in [0.05, 0.1) is 16.2 Å². The first-order chi connectivity index (χ1) is 9.79. The first-order valence-corrected chi connectivity index (χ1v) is 8.47. The third kappa shape index (κ3) is 4.74. The van der Waals surface area contributed by atoms with Gasteiger partial charge in [-0.2, -0.15) is 0 Å². The molecule has 0 saturated heterocycles. The molecule has 0 amide bonds. The van der Waals surface area contributed by atoms with Crippen molar-refractivity contribution in [3.8, 4) is 12.3 Å². The molecule has 0 aliphatic rings. The molecule has 0 atom stereocenters. The minimum atomic E-state index is -3.89. The average Bonchev–Trinajstić information content (AvgIpc) is 2.40. The molecule has 0 aliphatic heterocycles. The van der Waals surface area contributed by atoms with Crippen molar-refractivity contribution in [1.82, 2.24) is 4.72 Å². The Labute approximate surface area is 127 Å². The summed E-state index contributed by atoms with van der Waals surface area (Å²) in [5.41, 5.74) is -0.714. The summed E-state index contributed by atoms with van der Waals surface area (Å²) in [7, 11) is -3.89. The molecule has 0 fully saturated rings. The third-order valence-electron chi connectivity index (χ3n) is 2.49. The molecular weight excluding hydrogens is 317 g/mol. The number of hydrogen-bond acceptors (Lipinski definition) is 4. The standard InChI is InChI=1S/C13H14FNO4S2/c1-3-5-20-6-4-15-21(18,19)10-7-9(2)12(14)11(8-10)13(16)17/h1,7-8,15H,4-6H2,2H3,(H,16,17). The molecule has 0 aromatic heterocycles. The van der Waals surface area contributed by atoms with Crippen LogP contribution in [-0.4, -0.2) is 37.5 Å². The Morgan fingerprint density at radius 2 is 2.19 bits per heavy atom. The maximum Gasteiger partial charge on any atom is 0.338 e. The molecular formula is C13H14FNO4S2. The lowest BCUT2D eigenvalue weighted by Crippen LogP contribution is -2.26. The Morgan fingerprint density at radius 3 is 2.76 bits per heavy atom. The van der Waals surface area contributed by atoms with E-state index in [1.807, 2.05) is 0 Å². The maximum absolute atomic E-state index is 13.6. The zero-order valence-electron chi connectivity index (χ0n) is 11.2. The van der Waals surface area contributed by atoms with E-state index < -0.39 is 27.4 Å². The second-order valence-corrected chi connectivity index (χ2v) is 6.93. The summed E-state index contributed by atoms with van der Waals surface area (Å²) < 4.78 is 40.0. The molecule has 1 rings (SSSR count). The summed E-state index contributed by atoms with van der Waals surface area (Å²) in [6.45, 7) is 1.46. The number of thioether (sulfide) groups is 1. The topological polar surface area (TPSA) is 83.5 Å². The Bertz CT molecular complexity index is 680. The van der Waals surface area contributed by atoms with Gasteiger partial charge in [0, 0.05) is 12.3 Å². The lowest BCUT2D eigenvalue weighted by Gasteiger charge is -2.09. The van der Waals surface area contributed by atoms with Crippen LogP contribution in [0.4, 0.5) is 4.39 Å². The zero-order valence-corrected chi connectivity index (χ0v) is 12.9. The number of aryl methyl sites for hydroxylation is 1. The highest BCUT2D eigenvalue weighted by atomic mass is 32.2. The number of benzene rings is 1. The van der Waals surface area contributed by atoms with Gasteiger partial charge in [-0.3, -0.25) is 0 Å². The van der Waals surface area contributed by atoms with E-state index in [1.165, 1.54) is 18.7 Å². The Morgan fingerprint density at radius 1 is 1.52 bits per heavy atom. The van der Waals surface area contributed by atoms with Gasteiger partial charge >= 0.3 is 5.97 Å². The second-order valence-electron chi connectivity index (χ2n) is 4.06. The normalized spacial score (nSPS) is 11.1. The average molecular weight is 331 g/mol. The van der Waals surface area contributed by atoms with Crippen LogP contribution in [0.25, 0.3) is 0 Å². The van der Waals surface area contributed by atoms with Gasteiger partial charge in [-0.1, -0.05) is 5.92 Å². The van der Waals surface area contributed by atoms with Crippen molar-refractivity contribution in [2.45, 2.75) is 11.8 Å². The maximum atomic E-state index is 13.6. The van der Waals surface area contributed by atoms with Gasteiger partial charge < -0.3 is 5.11 Å². The fourth-order valence-electron chi connectivity index (χ4n) is 1.51. The number of carboxylic acid groups (broad SMARTS) is 1. The molecule has 2 N–H and O–H groups in total. The van der Waals surface area contributed by atoms with Crippen molar-refractivity contribution in [3.05, 3.63) is 29.1 Å². The Kier molecular flexibility index (Phi) is 6.20. The third-order valence-corrected chi connectivity index (χ3v) is 4.80. The minimum absolute atomic E-state index is 0.0445. The summed E-state index contributed by atoms with van der Waals surface area (Å²) in [6.07, 6.45) is 5.06. The number of nitrogens with one attached hydrogen (secondary N) is 1. The van der Waals surface area contributed by atoms with E-state index in [0.29, 0.717) is 11.5 Å². The number of halogens is 1. The van der Waals surface area contributed by atoms with Crippen molar-refractivity contribution in [3.63, 3.8) is 0 Å². The fraction of sp³-hybridized carbons (Fsp3) is 0.308. The number of carbonyl (C=O) groups is 1. The molecule has 1 aromatic rings. The van der Waals surface area contributed by atoms with Gasteiger partial charge in [0.2, 0.25) is 10.0 Å². The lowest BCUT2D eigenvalue weighted by atomic mass is 10.1. The van der Waals surface area contributed by atoms with E-state index in [-0.39, 0.29) is 17.0 Å². The highest BCUT2D eigenvalue weighted by molar-refractivity contribution is 7.99. The van der Waals surface area contributed by atoms with E-state index in [2.05, 4.69) is 10.6 Å². The predicted octanol–water partition coefficient (Wildman–Crippen LogP) is 1.48. The van der Waals surface area contributed by atoms with Crippen LogP contribution in [0.5, 0.6) is 0 Å².